The van der Waals surface area contributed by atoms with Gasteiger partial charge in [0.25, 0.3) is 0 Å². The summed E-state index contributed by atoms with van der Waals surface area (Å²) >= 11 is 0. The molecule has 0 rings (SSSR count). The number of rotatable bonds is 6. The Hall–Kier alpha value is -0.0400. The highest BCUT2D eigenvalue weighted by atomic mass is 16.5. The molecule has 0 aromatic carbocycles. The van der Waals surface area contributed by atoms with Crippen molar-refractivity contribution in [1.29, 1.82) is 0 Å². The van der Waals surface area contributed by atoms with Crippen molar-refractivity contribution in [2.24, 2.45) is 5.41 Å². The van der Waals surface area contributed by atoms with Crippen LogP contribution in [0, 0.1) is 12.3 Å². The molecule has 13 heavy (non-hydrogen) atoms. The molecule has 0 bridgehead atoms. The molecule has 1 radical (unpaired) electrons. The largest absolute Gasteiger partial charge is 0.378 e. The Labute approximate surface area is 83.9 Å². The highest BCUT2D eigenvalue weighted by Crippen LogP contribution is 2.23. The van der Waals surface area contributed by atoms with Crippen LogP contribution >= 0.6 is 0 Å². The van der Waals surface area contributed by atoms with E-state index < -0.39 is 0 Å². The summed E-state index contributed by atoms with van der Waals surface area (Å²) in [4.78, 5) is 0. The van der Waals surface area contributed by atoms with Gasteiger partial charge in [-0.2, -0.15) is 0 Å². The fraction of sp³-hybridized carbons (Fsp3) is 0.917. The van der Waals surface area contributed by atoms with Gasteiger partial charge in [0.05, 0.1) is 6.10 Å². The molecule has 1 unspecified atom stereocenters. The van der Waals surface area contributed by atoms with Crippen LogP contribution in [0.4, 0.5) is 0 Å². The average Bonchev–Trinajstić information content (AvgIpc) is 2.01. The summed E-state index contributed by atoms with van der Waals surface area (Å²) in [6.45, 7) is 13.8. The van der Waals surface area contributed by atoms with Crippen molar-refractivity contribution in [2.45, 2.75) is 59.5 Å². The van der Waals surface area contributed by atoms with Crippen molar-refractivity contribution >= 4 is 0 Å². The molecule has 0 aromatic heterocycles. The molecule has 0 fully saturated rings. The first-order valence-corrected chi connectivity index (χ1v) is 5.40. The van der Waals surface area contributed by atoms with E-state index >= 15 is 0 Å². The summed E-state index contributed by atoms with van der Waals surface area (Å²) < 4.78 is 5.75. The third-order valence-electron chi connectivity index (χ3n) is 2.01. The molecule has 1 heteroatoms. The van der Waals surface area contributed by atoms with Crippen LogP contribution in [0.25, 0.3) is 0 Å². The molecule has 0 aromatic rings. The first-order chi connectivity index (χ1) is 5.99. The zero-order valence-corrected chi connectivity index (χ0v) is 9.73. The van der Waals surface area contributed by atoms with Crippen molar-refractivity contribution in [1.82, 2.24) is 0 Å². The summed E-state index contributed by atoms with van der Waals surface area (Å²) in [5, 5.41) is 0. The highest BCUT2D eigenvalue weighted by molar-refractivity contribution is 4.70. The van der Waals surface area contributed by atoms with Gasteiger partial charge in [0.15, 0.2) is 0 Å². The van der Waals surface area contributed by atoms with E-state index in [-0.39, 0.29) is 0 Å². The lowest BCUT2D eigenvalue weighted by molar-refractivity contribution is 0.0259. The Bertz CT molecular complexity index is 113. The zero-order valence-electron chi connectivity index (χ0n) is 9.73. The van der Waals surface area contributed by atoms with Gasteiger partial charge in [-0.15, -0.1) is 0 Å². The summed E-state index contributed by atoms with van der Waals surface area (Å²) in [5.41, 5.74) is 0.356. The van der Waals surface area contributed by atoms with Crippen LogP contribution in [0.3, 0.4) is 0 Å². The van der Waals surface area contributed by atoms with Crippen LogP contribution in [0.5, 0.6) is 0 Å². The van der Waals surface area contributed by atoms with E-state index in [1.165, 1.54) is 12.8 Å². The molecule has 0 saturated carbocycles. The standard InChI is InChI=1S/C12H25O/c1-6-8-9-13-11(7-2)10-12(3,4)5/h11H,2,6-10H2,1,3-5H3. The molecule has 0 amide bonds. The van der Waals surface area contributed by atoms with Crippen LogP contribution in [0.1, 0.15) is 53.4 Å². The average molecular weight is 185 g/mol. The molecule has 1 atom stereocenters. The molecular formula is C12H25O. The molecule has 0 aliphatic carbocycles. The normalized spacial score (nSPS) is 14.5. The van der Waals surface area contributed by atoms with Crippen LogP contribution in [0.15, 0.2) is 0 Å². The van der Waals surface area contributed by atoms with Gasteiger partial charge in [-0.1, -0.05) is 41.0 Å². The minimum Gasteiger partial charge on any atom is -0.378 e. The fourth-order valence-corrected chi connectivity index (χ4v) is 1.32. The Balaban J connectivity index is 3.63. The summed E-state index contributed by atoms with van der Waals surface area (Å²) in [7, 11) is 0. The topological polar surface area (TPSA) is 9.23 Å². The van der Waals surface area contributed by atoms with Crippen molar-refractivity contribution in [3.8, 4) is 0 Å². The molecule has 0 N–H and O–H groups in total. The lowest BCUT2D eigenvalue weighted by Gasteiger charge is -2.25. The summed E-state index contributed by atoms with van der Waals surface area (Å²) in [6.07, 6.45) is 4.73. The maximum Gasteiger partial charge on any atom is 0.0580 e. The van der Waals surface area contributed by atoms with Crippen LogP contribution in [-0.2, 0) is 4.74 Å². The van der Waals surface area contributed by atoms with Crippen LogP contribution in [0.2, 0.25) is 0 Å². The third kappa shape index (κ3) is 8.29. The molecule has 0 aliphatic rings. The van der Waals surface area contributed by atoms with Crippen LogP contribution in [-0.4, -0.2) is 12.7 Å². The van der Waals surface area contributed by atoms with Crippen LogP contribution < -0.4 is 0 Å². The number of hydrogen-bond donors (Lipinski definition) is 0. The quantitative estimate of drug-likeness (QED) is 0.571. The van der Waals surface area contributed by atoms with Gasteiger partial charge in [-0.3, -0.25) is 0 Å². The molecule has 0 heterocycles. The lowest BCUT2D eigenvalue weighted by atomic mass is 9.88. The monoisotopic (exact) mass is 185 g/mol. The van der Waals surface area contributed by atoms with E-state index in [2.05, 4.69) is 34.6 Å². The number of hydrogen-bond acceptors (Lipinski definition) is 1. The van der Waals surface area contributed by atoms with Gasteiger partial charge in [0.1, 0.15) is 0 Å². The predicted molar refractivity (Wildman–Crippen MR) is 58.7 cm³/mol. The van der Waals surface area contributed by atoms with Crippen molar-refractivity contribution in [3.05, 3.63) is 6.92 Å². The summed E-state index contributed by atoms with van der Waals surface area (Å²) in [5.74, 6) is 0. The minimum absolute atomic E-state index is 0.353. The second-order valence-electron chi connectivity index (χ2n) is 4.90. The smallest absolute Gasteiger partial charge is 0.0580 e. The molecular weight excluding hydrogens is 160 g/mol. The van der Waals surface area contributed by atoms with E-state index in [0.717, 1.165) is 19.4 Å². The van der Waals surface area contributed by atoms with Crippen molar-refractivity contribution in [3.63, 3.8) is 0 Å². The highest BCUT2D eigenvalue weighted by Gasteiger charge is 2.17. The first kappa shape index (κ1) is 13.0. The van der Waals surface area contributed by atoms with Gasteiger partial charge in [0.2, 0.25) is 0 Å². The molecule has 0 saturated heterocycles. The molecule has 0 spiro atoms. The van der Waals surface area contributed by atoms with E-state index in [1.54, 1.807) is 0 Å². The van der Waals surface area contributed by atoms with E-state index in [1.807, 2.05) is 0 Å². The van der Waals surface area contributed by atoms with Gasteiger partial charge >= 0.3 is 0 Å². The van der Waals surface area contributed by atoms with Gasteiger partial charge in [-0.25, -0.2) is 0 Å². The molecule has 79 valence electrons. The van der Waals surface area contributed by atoms with Gasteiger partial charge in [0, 0.05) is 6.61 Å². The second kappa shape index (κ2) is 6.42. The van der Waals surface area contributed by atoms with E-state index in [0.29, 0.717) is 11.5 Å². The fourth-order valence-electron chi connectivity index (χ4n) is 1.32. The number of ether oxygens (including phenoxy) is 1. The second-order valence-corrected chi connectivity index (χ2v) is 4.90. The SMILES string of the molecule is [CH2]CC(CC(C)(C)C)OCCCC. The van der Waals surface area contributed by atoms with Gasteiger partial charge < -0.3 is 4.74 Å². The third-order valence-corrected chi connectivity index (χ3v) is 2.01. The zero-order chi connectivity index (χ0) is 10.3. The van der Waals surface area contributed by atoms with Gasteiger partial charge in [-0.05, 0) is 24.7 Å². The lowest BCUT2D eigenvalue weighted by Crippen LogP contribution is -2.20. The Kier molecular flexibility index (Phi) is 6.40. The maximum atomic E-state index is 5.75. The van der Waals surface area contributed by atoms with Crippen molar-refractivity contribution in [2.75, 3.05) is 6.61 Å². The number of unbranched alkanes of at least 4 members (excludes halogenated alkanes) is 1. The maximum absolute atomic E-state index is 5.75. The molecule has 0 aliphatic heterocycles. The van der Waals surface area contributed by atoms with E-state index in [4.69, 9.17) is 4.74 Å². The van der Waals surface area contributed by atoms with E-state index in [9.17, 15) is 0 Å². The Morgan fingerprint density at radius 1 is 1.31 bits per heavy atom. The first-order valence-electron chi connectivity index (χ1n) is 5.40. The Morgan fingerprint density at radius 3 is 2.31 bits per heavy atom. The Morgan fingerprint density at radius 2 is 1.92 bits per heavy atom. The van der Waals surface area contributed by atoms with Crippen molar-refractivity contribution < 1.29 is 4.74 Å². The minimum atomic E-state index is 0.353. The molecule has 1 nitrogen and oxygen atoms in total. The predicted octanol–water partition coefficient (Wildman–Crippen LogP) is 3.83. The summed E-state index contributed by atoms with van der Waals surface area (Å²) in [6, 6.07) is 0.